The molecular formula is C30H36N4O6. The first kappa shape index (κ1) is 30.2. The minimum atomic E-state index is -1.20. The van der Waals surface area contributed by atoms with Crippen LogP contribution < -0.4 is 5.32 Å². The van der Waals surface area contributed by atoms with E-state index in [1.54, 1.807) is 27.7 Å². The molecule has 0 fully saturated rings. The molecule has 3 aromatic rings. The van der Waals surface area contributed by atoms with E-state index in [1.165, 1.54) is 6.20 Å². The number of nitrogens with zero attached hydrogens (tertiary/aromatic N) is 3. The highest BCUT2D eigenvalue weighted by molar-refractivity contribution is 5.99. The predicted molar refractivity (Wildman–Crippen MR) is 149 cm³/mol. The van der Waals surface area contributed by atoms with Crippen molar-refractivity contribution in [2.75, 3.05) is 0 Å². The van der Waals surface area contributed by atoms with Crippen molar-refractivity contribution in [3.8, 4) is 11.1 Å². The summed E-state index contributed by atoms with van der Waals surface area (Å²) < 4.78 is 11.0. The number of carbonyl (C=O) groups is 3. The quantitative estimate of drug-likeness (QED) is 0.335. The number of ether oxygens (including phenoxy) is 2. The number of carbonyl (C=O) groups excluding carboxylic acids is 2. The Labute approximate surface area is 234 Å². The number of amides is 1. The van der Waals surface area contributed by atoms with E-state index in [4.69, 9.17) is 19.6 Å². The zero-order chi connectivity index (χ0) is 29.6. The van der Waals surface area contributed by atoms with E-state index < -0.39 is 23.6 Å². The van der Waals surface area contributed by atoms with E-state index in [2.05, 4.69) is 29.1 Å². The van der Waals surface area contributed by atoms with Gasteiger partial charge in [-0.05, 0) is 52.5 Å². The number of aromatic carboxylic acids is 1. The summed E-state index contributed by atoms with van der Waals surface area (Å²) >= 11 is 0. The molecule has 10 heteroatoms. The molecule has 0 bridgehead atoms. The summed E-state index contributed by atoms with van der Waals surface area (Å²) in [6.45, 7) is 13.1. The van der Waals surface area contributed by atoms with Crippen LogP contribution in [0.25, 0.3) is 11.1 Å². The number of pyridine rings is 1. The lowest BCUT2D eigenvalue weighted by Gasteiger charge is -2.23. The summed E-state index contributed by atoms with van der Waals surface area (Å²) in [6.07, 6.45) is 2.42. The molecule has 0 saturated heterocycles. The molecule has 2 heterocycles. The maximum absolute atomic E-state index is 13.6. The van der Waals surface area contributed by atoms with E-state index in [0.29, 0.717) is 28.9 Å². The third-order valence-electron chi connectivity index (χ3n) is 5.79. The van der Waals surface area contributed by atoms with Crippen LogP contribution in [0.2, 0.25) is 0 Å². The second kappa shape index (κ2) is 12.7. The van der Waals surface area contributed by atoms with E-state index >= 15 is 0 Å². The van der Waals surface area contributed by atoms with Crippen LogP contribution in [0.3, 0.4) is 0 Å². The Hall–Kier alpha value is -4.34. The summed E-state index contributed by atoms with van der Waals surface area (Å²) in [5, 5.41) is 11.9. The molecule has 2 N–H and O–H groups in total. The van der Waals surface area contributed by atoms with Gasteiger partial charge in [-0.25, -0.2) is 19.4 Å². The molecule has 0 saturated carbocycles. The molecule has 1 aromatic carbocycles. The van der Waals surface area contributed by atoms with Gasteiger partial charge in [-0.1, -0.05) is 43.7 Å². The third kappa shape index (κ3) is 8.08. The standard InChI is InChI=1S/C30H36N4O6/c1-17(2)12-23-22(14-33-29(38)40-30(5,6)7)26(20-10-8-18(3)9-11-20)25(19(4)34-23)28(37)39-16-21-13-32-24(15-31-21)27(35)36/h8-11,13,15,17H,12,14,16H2,1-7H3,(H,33,38)(H,35,36). The first-order valence-corrected chi connectivity index (χ1v) is 13.0. The molecule has 10 nitrogen and oxygen atoms in total. The molecule has 0 aliphatic heterocycles. The van der Waals surface area contributed by atoms with Crippen molar-refractivity contribution in [2.24, 2.45) is 5.92 Å². The normalized spacial score (nSPS) is 11.3. The highest BCUT2D eigenvalue weighted by Crippen LogP contribution is 2.33. The summed E-state index contributed by atoms with van der Waals surface area (Å²) in [5.41, 5.74) is 4.10. The van der Waals surface area contributed by atoms with E-state index in [1.807, 2.05) is 31.2 Å². The molecule has 2 aromatic heterocycles. The number of aryl methyl sites for hydroxylation is 2. The Balaban J connectivity index is 2.07. The third-order valence-corrected chi connectivity index (χ3v) is 5.79. The molecule has 40 heavy (non-hydrogen) atoms. The molecule has 0 spiro atoms. The number of alkyl carbamates (subject to hydrolysis) is 1. The lowest BCUT2D eigenvalue weighted by molar-refractivity contribution is 0.0464. The van der Waals surface area contributed by atoms with Gasteiger partial charge in [0.2, 0.25) is 0 Å². The van der Waals surface area contributed by atoms with Crippen molar-refractivity contribution in [1.82, 2.24) is 20.3 Å². The average Bonchev–Trinajstić information content (AvgIpc) is 2.85. The summed E-state index contributed by atoms with van der Waals surface area (Å²) in [6, 6.07) is 7.75. The Morgan fingerprint density at radius 1 is 1.02 bits per heavy atom. The fourth-order valence-electron chi connectivity index (χ4n) is 4.06. The van der Waals surface area contributed by atoms with Gasteiger partial charge >= 0.3 is 18.0 Å². The molecule has 0 aliphatic carbocycles. The number of aromatic nitrogens is 3. The largest absolute Gasteiger partial charge is 0.476 e. The number of carboxylic acids is 1. The lowest BCUT2D eigenvalue weighted by Crippen LogP contribution is -2.32. The maximum Gasteiger partial charge on any atom is 0.407 e. The Morgan fingerprint density at radius 2 is 1.70 bits per heavy atom. The van der Waals surface area contributed by atoms with Gasteiger partial charge in [0, 0.05) is 23.4 Å². The lowest BCUT2D eigenvalue weighted by atomic mass is 9.89. The Kier molecular flexibility index (Phi) is 9.57. The predicted octanol–water partition coefficient (Wildman–Crippen LogP) is 5.43. The van der Waals surface area contributed by atoms with Gasteiger partial charge in [-0.15, -0.1) is 0 Å². The molecule has 1 amide bonds. The van der Waals surface area contributed by atoms with Crippen LogP contribution in [-0.2, 0) is 29.0 Å². The average molecular weight is 549 g/mol. The molecule has 212 valence electrons. The number of rotatable bonds is 9. The van der Waals surface area contributed by atoms with Crippen molar-refractivity contribution in [1.29, 1.82) is 0 Å². The van der Waals surface area contributed by atoms with Crippen LogP contribution in [0.4, 0.5) is 4.79 Å². The number of nitrogens with one attached hydrogen (secondary N) is 1. The highest BCUT2D eigenvalue weighted by atomic mass is 16.6. The number of carboxylic acid groups (broad SMARTS) is 1. The fraction of sp³-hybridized carbons (Fsp3) is 0.400. The second-order valence-electron chi connectivity index (χ2n) is 11.0. The van der Waals surface area contributed by atoms with Gasteiger partial charge in [0.15, 0.2) is 5.69 Å². The van der Waals surface area contributed by atoms with Crippen LogP contribution in [0.15, 0.2) is 36.7 Å². The molecular weight excluding hydrogens is 512 g/mol. The molecule has 0 atom stereocenters. The zero-order valence-electron chi connectivity index (χ0n) is 24.0. The van der Waals surface area contributed by atoms with Gasteiger partial charge in [0.25, 0.3) is 0 Å². The first-order valence-electron chi connectivity index (χ1n) is 13.0. The van der Waals surface area contributed by atoms with Crippen molar-refractivity contribution >= 4 is 18.0 Å². The molecule has 0 unspecified atom stereocenters. The summed E-state index contributed by atoms with van der Waals surface area (Å²) in [5.74, 6) is -1.56. The second-order valence-corrected chi connectivity index (χ2v) is 11.0. The molecule has 0 aliphatic rings. The molecule has 3 rings (SSSR count). The van der Waals surface area contributed by atoms with Crippen LogP contribution >= 0.6 is 0 Å². The van der Waals surface area contributed by atoms with Gasteiger partial charge in [0.05, 0.1) is 29.3 Å². The van der Waals surface area contributed by atoms with Crippen molar-refractivity contribution in [3.05, 3.63) is 76.1 Å². The van der Waals surface area contributed by atoms with E-state index in [0.717, 1.165) is 23.0 Å². The van der Waals surface area contributed by atoms with Gasteiger partial charge in [0.1, 0.15) is 12.2 Å². The minimum absolute atomic E-state index is 0.0931. The fourth-order valence-corrected chi connectivity index (χ4v) is 4.06. The van der Waals surface area contributed by atoms with Crippen molar-refractivity contribution in [2.45, 2.75) is 73.6 Å². The number of benzene rings is 1. The minimum Gasteiger partial charge on any atom is -0.476 e. The highest BCUT2D eigenvalue weighted by Gasteiger charge is 2.26. The van der Waals surface area contributed by atoms with Crippen molar-refractivity contribution in [3.63, 3.8) is 0 Å². The monoisotopic (exact) mass is 548 g/mol. The van der Waals surface area contributed by atoms with Crippen LogP contribution in [-0.4, -0.2) is 43.7 Å². The first-order chi connectivity index (χ1) is 18.7. The summed E-state index contributed by atoms with van der Waals surface area (Å²) in [7, 11) is 0. The SMILES string of the molecule is Cc1ccc(-c2c(CNC(=O)OC(C)(C)C)c(CC(C)C)nc(C)c2C(=O)OCc2cnc(C(=O)O)cn2)cc1. The number of hydrogen-bond acceptors (Lipinski definition) is 8. The maximum atomic E-state index is 13.6. The Bertz CT molecular complexity index is 1380. The van der Waals surface area contributed by atoms with Gasteiger partial charge in [-0.2, -0.15) is 0 Å². The van der Waals surface area contributed by atoms with Gasteiger partial charge < -0.3 is 19.9 Å². The van der Waals surface area contributed by atoms with Crippen molar-refractivity contribution < 1.29 is 29.0 Å². The smallest absolute Gasteiger partial charge is 0.407 e. The van der Waals surface area contributed by atoms with Crippen LogP contribution in [0.5, 0.6) is 0 Å². The number of esters is 1. The van der Waals surface area contributed by atoms with Crippen LogP contribution in [0.1, 0.15) is 83.7 Å². The Morgan fingerprint density at radius 3 is 2.25 bits per heavy atom. The number of hydrogen-bond donors (Lipinski definition) is 2. The topological polar surface area (TPSA) is 141 Å². The van der Waals surface area contributed by atoms with Gasteiger partial charge in [-0.3, -0.25) is 9.97 Å². The summed E-state index contributed by atoms with van der Waals surface area (Å²) in [4.78, 5) is 49.8. The zero-order valence-corrected chi connectivity index (χ0v) is 24.0. The van der Waals surface area contributed by atoms with E-state index in [-0.39, 0.29) is 30.3 Å². The molecule has 0 radical (unpaired) electrons. The van der Waals surface area contributed by atoms with Crippen LogP contribution in [0, 0.1) is 19.8 Å². The van der Waals surface area contributed by atoms with E-state index in [9.17, 15) is 14.4 Å².